The van der Waals surface area contributed by atoms with Crippen LogP contribution in [0.3, 0.4) is 0 Å². The molecule has 0 aliphatic carbocycles. The molecule has 0 unspecified atom stereocenters. The molecule has 3 aromatic rings. The number of nitrogens with two attached hydrogens (primary N) is 1. The molecule has 0 aromatic heterocycles. The van der Waals surface area contributed by atoms with E-state index in [9.17, 15) is 10.1 Å². The minimum atomic E-state index is -0.426. The number of nitrogens with zero attached hydrogens (tertiary/aromatic N) is 1. The van der Waals surface area contributed by atoms with Gasteiger partial charge in [-0.3, -0.25) is 10.1 Å². The molecule has 3 aromatic carbocycles. The number of fused-ring (bicyclic) bond motifs is 2. The highest BCUT2D eigenvalue weighted by molar-refractivity contribution is 6.04. The van der Waals surface area contributed by atoms with Crippen LogP contribution in [0.1, 0.15) is 0 Å². The standard InChI is InChI=1S/C14H10N2O2/c15-14-8-12(16(17)18)6-11-5-9-3-1-2-4-10(9)7-13(11)14/h1-8H,15H2. The van der Waals surface area contributed by atoms with Gasteiger partial charge in [0.2, 0.25) is 0 Å². The van der Waals surface area contributed by atoms with Crippen LogP contribution in [0.15, 0.2) is 48.5 Å². The van der Waals surface area contributed by atoms with Crippen molar-refractivity contribution >= 4 is 32.9 Å². The summed E-state index contributed by atoms with van der Waals surface area (Å²) in [6, 6.07) is 14.7. The van der Waals surface area contributed by atoms with E-state index in [-0.39, 0.29) is 5.69 Å². The summed E-state index contributed by atoms with van der Waals surface area (Å²) in [5, 5.41) is 14.6. The largest absolute Gasteiger partial charge is 0.398 e. The number of benzene rings is 3. The summed E-state index contributed by atoms with van der Waals surface area (Å²) in [5.74, 6) is 0. The van der Waals surface area contributed by atoms with Crippen LogP contribution in [-0.2, 0) is 0 Å². The Morgan fingerprint density at radius 1 is 0.944 bits per heavy atom. The molecular weight excluding hydrogens is 228 g/mol. The first-order chi connectivity index (χ1) is 8.65. The van der Waals surface area contributed by atoms with E-state index < -0.39 is 4.92 Å². The lowest BCUT2D eigenvalue weighted by Gasteiger charge is -2.05. The Hall–Kier alpha value is -2.62. The Bertz CT molecular complexity index is 781. The van der Waals surface area contributed by atoms with Gasteiger partial charge in [-0.1, -0.05) is 24.3 Å². The molecule has 0 saturated carbocycles. The van der Waals surface area contributed by atoms with E-state index in [0.717, 1.165) is 21.5 Å². The summed E-state index contributed by atoms with van der Waals surface area (Å²) in [5.41, 5.74) is 6.34. The fourth-order valence-corrected chi connectivity index (χ4v) is 2.17. The second-order valence-corrected chi connectivity index (χ2v) is 4.21. The molecule has 0 amide bonds. The average molecular weight is 238 g/mol. The smallest absolute Gasteiger partial charge is 0.272 e. The normalized spacial score (nSPS) is 10.9. The van der Waals surface area contributed by atoms with E-state index in [1.165, 1.54) is 6.07 Å². The zero-order valence-corrected chi connectivity index (χ0v) is 9.46. The molecule has 0 saturated heterocycles. The molecule has 0 spiro atoms. The molecule has 0 aliphatic heterocycles. The zero-order chi connectivity index (χ0) is 12.7. The first kappa shape index (κ1) is 10.5. The number of hydrogen-bond acceptors (Lipinski definition) is 3. The molecule has 0 fully saturated rings. The van der Waals surface area contributed by atoms with Gasteiger partial charge in [0.1, 0.15) is 0 Å². The van der Waals surface area contributed by atoms with Crippen LogP contribution in [0.5, 0.6) is 0 Å². The third kappa shape index (κ3) is 1.55. The Labute approximate surface area is 103 Å². The highest BCUT2D eigenvalue weighted by Crippen LogP contribution is 2.30. The number of hydrogen-bond donors (Lipinski definition) is 1. The highest BCUT2D eigenvalue weighted by atomic mass is 16.6. The van der Waals surface area contributed by atoms with Crippen molar-refractivity contribution in [3.8, 4) is 0 Å². The average Bonchev–Trinajstić information content (AvgIpc) is 2.36. The van der Waals surface area contributed by atoms with E-state index >= 15 is 0 Å². The molecular formula is C14H10N2O2. The predicted molar refractivity (Wildman–Crippen MR) is 72.5 cm³/mol. The van der Waals surface area contributed by atoms with Crippen molar-refractivity contribution in [2.24, 2.45) is 0 Å². The lowest BCUT2D eigenvalue weighted by Crippen LogP contribution is -1.93. The summed E-state index contributed by atoms with van der Waals surface area (Å²) >= 11 is 0. The lowest BCUT2D eigenvalue weighted by molar-refractivity contribution is -0.384. The van der Waals surface area contributed by atoms with Crippen LogP contribution < -0.4 is 5.73 Å². The molecule has 88 valence electrons. The Balaban J connectivity index is 2.42. The van der Waals surface area contributed by atoms with Gasteiger partial charge in [-0.2, -0.15) is 0 Å². The number of nitro groups is 1. The molecule has 0 radical (unpaired) electrons. The van der Waals surface area contributed by atoms with Crippen molar-refractivity contribution < 1.29 is 4.92 Å². The summed E-state index contributed by atoms with van der Waals surface area (Å²) in [6.45, 7) is 0. The Kier molecular flexibility index (Phi) is 2.16. The number of rotatable bonds is 1. The quantitative estimate of drug-likeness (QED) is 0.305. The summed E-state index contributed by atoms with van der Waals surface area (Å²) in [7, 11) is 0. The monoisotopic (exact) mass is 238 g/mol. The van der Waals surface area contributed by atoms with Gasteiger partial charge in [-0.05, 0) is 28.3 Å². The molecule has 0 heterocycles. The maximum Gasteiger partial charge on any atom is 0.272 e. The molecule has 4 nitrogen and oxygen atoms in total. The van der Waals surface area contributed by atoms with Crippen molar-refractivity contribution in [3.63, 3.8) is 0 Å². The molecule has 4 heteroatoms. The minimum Gasteiger partial charge on any atom is -0.398 e. The van der Waals surface area contributed by atoms with E-state index in [1.54, 1.807) is 6.07 Å². The van der Waals surface area contributed by atoms with Gasteiger partial charge in [0.15, 0.2) is 0 Å². The van der Waals surface area contributed by atoms with E-state index in [2.05, 4.69) is 0 Å². The molecule has 18 heavy (non-hydrogen) atoms. The van der Waals surface area contributed by atoms with Crippen LogP contribution in [0.25, 0.3) is 21.5 Å². The topological polar surface area (TPSA) is 69.2 Å². The summed E-state index contributed by atoms with van der Waals surface area (Å²) in [6.07, 6.45) is 0. The van der Waals surface area contributed by atoms with Gasteiger partial charge in [0, 0.05) is 23.2 Å². The second kappa shape index (κ2) is 3.70. The highest BCUT2D eigenvalue weighted by Gasteiger charge is 2.10. The minimum absolute atomic E-state index is 0.0234. The molecule has 3 rings (SSSR count). The first-order valence-electron chi connectivity index (χ1n) is 5.51. The van der Waals surface area contributed by atoms with Crippen molar-refractivity contribution in [1.82, 2.24) is 0 Å². The third-order valence-electron chi connectivity index (χ3n) is 3.05. The maximum absolute atomic E-state index is 10.8. The van der Waals surface area contributed by atoms with E-state index in [0.29, 0.717) is 5.69 Å². The van der Waals surface area contributed by atoms with Crippen molar-refractivity contribution in [3.05, 3.63) is 58.6 Å². The molecule has 0 aliphatic rings. The fraction of sp³-hybridized carbons (Fsp3) is 0. The first-order valence-corrected chi connectivity index (χ1v) is 5.51. The zero-order valence-electron chi connectivity index (χ0n) is 9.46. The fourth-order valence-electron chi connectivity index (χ4n) is 2.17. The number of anilines is 1. The SMILES string of the molecule is Nc1cc([N+](=O)[O-])cc2cc3ccccc3cc12. The number of non-ortho nitro benzene ring substituents is 1. The van der Waals surface area contributed by atoms with Crippen LogP contribution in [0.2, 0.25) is 0 Å². The molecule has 0 atom stereocenters. The van der Waals surface area contributed by atoms with Gasteiger partial charge in [0.25, 0.3) is 5.69 Å². The van der Waals surface area contributed by atoms with Crippen LogP contribution in [0.4, 0.5) is 11.4 Å². The van der Waals surface area contributed by atoms with Crippen LogP contribution in [-0.4, -0.2) is 4.92 Å². The van der Waals surface area contributed by atoms with Gasteiger partial charge in [-0.15, -0.1) is 0 Å². The molecule has 0 bridgehead atoms. The predicted octanol–water partition coefficient (Wildman–Crippen LogP) is 3.48. The third-order valence-corrected chi connectivity index (χ3v) is 3.05. The maximum atomic E-state index is 10.8. The van der Waals surface area contributed by atoms with Crippen molar-refractivity contribution in [1.29, 1.82) is 0 Å². The van der Waals surface area contributed by atoms with E-state index in [4.69, 9.17) is 5.73 Å². The Morgan fingerprint density at radius 3 is 2.28 bits per heavy atom. The lowest BCUT2D eigenvalue weighted by atomic mass is 10.0. The number of nitrogen functional groups attached to an aromatic ring is 1. The summed E-state index contributed by atoms with van der Waals surface area (Å²) in [4.78, 5) is 10.4. The Morgan fingerprint density at radius 2 is 1.61 bits per heavy atom. The van der Waals surface area contributed by atoms with Gasteiger partial charge in [-0.25, -0.2) is 0 Å². The van der Waals surface area contributed by atoms with Crippen LogP contribution in [0, 0.1) is 10.1 Å². The molecule has 2 N–H and O–H groups in total. The van der Waals surface area contributed by atoms with Crippen molar-refractivity contribution in [2.45, 2.75) is 0 Å². The van der Waals surface area contributed by atoms with Crippen molar-refractivity contribution in [2.75, 3.05) is 5.73 Å². The van der Waals surface area contributed by atoms with Crippen LogP contribution >= 0.6 is 0 Å². The van der Waals surface area contributed by atoms with Gasteiger partial charge >= 0.3 is 0 Å². The second-order valence-electron chi connectivity index (χ2n) is 4.21. The number of nitro benzene ring substituents is 1. The summed E-state index contributed by atoms with van der Waals surface area (Å²) < 4.78 is 0. The van der Waals surface area contributed by atoms with E-state index in [1.807, 2.05) is 36.4 Å². The van der Waals surface area contributed by atoms with Gasteiger partial charge < -0.3 is 5.73 Å². The van der Waals surface area contributed by atoms with Gasteiger partial charge in [0.05, 0.1) is 4.92 Å².